The standard InChI is InChI=1S/C16H29N3/c1-4-15-12-18(3)8-5-9-19(15)16-10-13(2)6-7-14(16)11-17/h13-16H,4-10,12H2,1-3H3. The first-order chi connectivity index (χ1) is 9.15. The van der Waals surface area contributed by atoms with Crippen molar-refractivity contribution in [3.05, 3.63) is 0 Å². The zero-order chi connectivity index (χ0) is 13.8. The summed E-state index contributed by atoms with van der Waals surface area (Å²) >= 11 is 0. The number of likely N-dealkylation sites (N-methyl/N-ethyl adjacent to an activating group) is 1. The zero-order valence-electron chi connectivity index (χ0n) is 12.8. The van der Waals surface area contributed by atoms with Crippen molar-refractivity contribution in [1.29, 1.82) is 5.26 Å². The van der Waals surface area contributed by atoms with Crippen LogP contribution in [0.4, 0.5) is 0 Å². The van der Waals surface area contributed by atoms with Gasteiger partial charge in [-0.25, -0.2) is 0 Å². The summed E-state index contributed by atoms with van der Waals surface area (Å²) in [7, 11) is 2.23. The molecular weight excluding hydrogens is 234 g/mol. The monoisotopic (exact) mass is 263 g/mol. The highest BCUT2D eigenvalue weighted by atomic mass is 15.3. The number of hydrogen-bond acceptors (Lipinski definition) is 3. The average Bonchev–Trinajstić information content (AvgIpc) is 2.60. The number of nitrogens with zero attached hydrogens (tertiary/aromatic N) is 3. The summed E-state index contributed by atoms with van der Waals surface area (Å²) in [6.45, 7) is 8.19. The van der Waals surface area contributed by atoms with E-state index in [1.54, 1.807) is 0 Å². The molecule has 1 heterocycles. The molecule has 19 heavy (non-hydrogen) atoms. The molecule has 0 radical (unpaired) electrons. The summed E-state index contributed by atoms with van der Waals surface area (Å²) in [4.78, 5) is 5.15. The number of nitriles is 1. The van der Waals surface area contributed by atoms with Crippen LogP contribution < -0.4 is 0 Å². The van der Waals surface area contributed by atoms with E-state index in [-0.39, 0.29) is 5.92 Å². The predicted octanol–water partition coefficient (Wildman–Crippen LogP) is 2.73. The third-order valence-electron chi connectivity index (χ3n) is 5.09. The van der Waals surface area contributed by atoms with Crippen molar-refractivity contribution in [1.82, 2.24) is 9.80 Å². The molecular formula is C16H29N3. The molecule has 2 rings (SSSR count). The van der Waals surface area contributed by atoms with E-state index in [4.69, 9.17) is 0 Å². The van der Waals surface area contributed by atoms with Crippen LogP contribution in [0.15, 0.2) is 0 Å². The highest BCUT2D eigenvalue weighted by Gasteiger charge is 2.36. The van der Waals surface area contributed by atoms with Gasteiger partial charge in [-0.3, -0.25) is 4.90 Å². The number of hydrogen-bond donors (Lipinski definition) is 0. The van der Waals surface area contributed by atoms with Crippen LogP contribution in [0.3, 0.4) is 0 Å². The predicted molar refractivity (Wildman–Crippen MR) is 78.8 cm³/mol. The van der Waals surface area contributed by atoms with Crippen LogP contribution in [0.2, 0.25) is 0 Å². The van der Waals surface area contributed by atoms with Gasteiger partial charge in [0.15, 0.2) is 0 Å². The summed E-state index contributed by atoms with van der Waals surface area (Å²) in [6, 6.07) is 3.74. The maximum atomic E-state index is 9.47. The lowest BCUT2D eigenvalue weighted by Gasteiger charge is -2.43. The average molecular weight is 263 g/mol. The minimum Gasteiger partial charge on any atom is -0.305 e. The minimum absolute atomic E-state index is 0.258. The molecule has 1 aliphatic heterocycles. The van der Waals surface area contributed by atoms with Crippen LogP contribution in [-0.4, -0.2) is 48.6 Å². The Bertz CT molecular complexity index is 322. The van der Waals surface area contributed by atoms with Gasteiger partial charge in [-0.1, -0.05) is 13.8 Å². The Morgan fingerprint density at radius 2 is 2.05 bits per heavy atom. The van der Waals surface area contributed by atoms with Crippen molar-refractivity contribution in [3.63, 3.8) is 0 Å². The molecule has 0 aromatic carbocycles. The van der Waals surface area contributed by atoms with E-state index in [2.05, 4.69) is 36.8 Å². The Kier molecular flexibility index (Phi) is 5.24. The fourth-order valence-corrected chi connectivity index (χ4v) is 3.93. The summed E-state index contributed by atoms with van der Waals surface area (Å²) in [5, 5.41) is 9.47. The summed E-state index contributed by atoms with van der Waals surface area (Å²) in [6.07, 6.45) is 6.01. The van der Waals surface area contributed by atoms with Gasteiger partial charge in [0.1, 0.15) is 0 Å². The fraction of sp³-hybridized carbons (Fsp3) is 0.938. The van der Waals surface area contributed by atoms with Crippen LogP contribution in [-0.2, 0) is 0 Å². The lowest BCUT2D eigenvalue weighted by atomic mass is 9.78. The topological polar surface area (TPSA) is 30.3 Å². The van der Waals surface area contributed by atoms with Crippen molar-refractivity contribution >= 4 is 0 Å². The second-order valence-corrected chi connectivity index (χ2v) is 6.64. The van der Waals surface area contributed by atoms with Gasteiger partial charge in [0.2, 0.25) is 0 Å². The molecule has 0 bridgehead atoms. The van der Waals surface area contributed by atoms with Crippen molar-refractivity contribution in [2.24, 2.45) is 11.8 Å². The van der Waals surface area contributed by atoms with Gasteiger partial charge in [0.25, 0.3) is 0 Å². The molecule has 2 aliphatic rings. The molecule has 4 unspecified atom stereocenters. The number of rotatable bonds is 2. The lowest BCUT2D eigenvalue weighted by molar-refractivity contribution is 0.0643. The third-order valence-corrected chi connectivity index (χ3v) is 5.09. The molecule has 1 saturated heterocycles. The Hall–Kier alpha value is -0.590. The van der Waals surface area contributed by atoms with Crippen molar-refractivity contribution in [3.8, 4) is 6.07 Å². The van der Waals surface area contributed by atoms with E-state index >= 15 is 0 Å². The van der Waals surface area contributed by atoms with E-state index in [9.17, 15) is 5.26 Å². The van der Waals surface area contributed by atoms with E-state index < -0.39 is 0 Å². The van der Waals surface area contributed by atoms with Gasteiger partial charge in [-0.15, -0.1) is 0 Å². The van der Waals surface area contributed by atoms with E-state index in [0.29, 0.717) is 12.1 Å². The highest BCUT2D eigenvalue weighted by molar-refractivity contribution is 4.99. The zero-order valence-corrected chi connectivity index (χ0v) is 12.8. The molecule has 0 N–H and O–H groups in total. The second-order valence-electron chi connectivity index (χ2n) is 6.64. The lowest BCUT2D eigenvalue weighted by Crippen LogP contribution is -2.50. The van der Waals surface area contributed by atoms with Crippen LogP contribution in [0, 0.1) is 23.2 Å². The van der Waals surface area contributed by atoms with Gasteiger partial charge in [-0.2, -0.15) is 5.26 Å². The molecule has 1 aliphatic carbocycles. The van der Waals surface area contributed by atoms with Crippen LogP contribution in [0.25, 0.3) is 0 Å². The molecule has 3 nitrogen and oxygen atoms in total. The van der Waals surface area contributed by atoms with E-state index in [1.165, 1.54) is 45.3 Å². The molecule has 0 aromatic heterocycles. The Morgan fingerprint density at radius 3 is 2.74 bits per heavy atom. The molecule has 2 fully saturated rings. The van der Waals surface area contributed by atoms with Crippen molar-refractivity contribution < 1.29 is 0 Å². The molecule has 0 spiro atoms. The van der Waals surface area contributed by atoms with Crippen LogP contribution >= 0.6 is 0 Å². The maximum Gasteiger partial charge on any atom is 0.0672 e. The van der Waals surface area contributed by atoms with E-state index in [1.807, 2.05) is 0 Å². The van der Waals surface area contributed by atoms with Gasteiger partial charge in [-0.05, 0) is 51.6 Å². The van der Waals surface area contributed by atoms with Crippen LogP contribution in [0.1, 0.15) is 46.0 Å². The van der Waals surface area contributed by atoms with Gasteiger partial charge >= 0.3 is 0 Å². The third kappa shape index (κ3) is 3.49. The second kappa shape index (κ2) is 6.72. The van der Waals surface area contributed by atoms with Crippen molar-refractivity contribution in [2.45, 2.75) is 58.0 Å². The minimum atomic E-state index is 0.258. The van der Waals surface area contributed by atoms with Gasteiger partial charge in [0.05, 0.1) is 12.0 Å². The fourth-order valence-electron chi connectivity index (χ4n) is 3.93. The SMILES string of the molecule is CCC1CN(C)CCCN1C1CC(C)CCC1C#N. The summed E-state index contributed by atoms with van der Waals surface area (Å²) in [5.74, 6) is 1.04. The largest absolute Gasteiger partial charge is 0.305 e. The molecule has 0 aromatic rings. The molecule has 108 valence electrons. The summed E-state index contributed by atoms with van der Waals surface area (Å²) in [5.41, 5.74) is 0. The highest BCUT2D eigenvalue weighted by Crippen LogP contribution is 2.34. The first kappa shape index (κ1) is 14.8. The molecule has 0 amide bonds. The molecule has 1 saturated carbocycles. The Labute approximate surface area is 118 Å². The normalized spacial score (nSPS) is 38.6. The van der Waals surface area contributed by atoms with Crippen LogP contribution in [0.5, 0.6) is 0 Å². The first-order valence-corrected chi connectivity index (χ1v) is 7.99. The summed E-state index contributed by atoms with van der Waals surface area (Å²) < 4.78 is 0. The molecule has 4 atom stereocenters. The Balaban J connectivity index is 2.13. The maximum absolute atomic E-state index is 9.47. The first-order valence-electron chi connectivity index (χ1n) is 7.99. The van der Waals surface area contributed by atoms with E-state index in [0.717, 1.165) is 12.3 Å². The van der Waals surface area contributed by atoms with Gasteiger partial charge < -0.3 is 4.90 Å². The quantitative estimate of drug-likeness (QED) is 0.767. The van der Waals surface area contributed by atoms with Gasteiger partial charge in [0, 0.05) is 25.2 Å². The smallest absolute Gasteiger partial charge is 0.0672 e. The molecule has 3 heteroatoms. The van der Waals surface area contributed by atoms with Crippen molar-refractivity contribution in [2.75, 3.05) is 26.7 Å². The Morgan fingerprint density at radius 1 is 1.26 bits per heavy atom.